The van der Waals surface area contributed by atoms with Gasteiger partial charge in [-0.1, -0.05) is 36.7 Å². The summed E-state index contributed by atoms with van der Waals surface area (Å²) in [5.74, 6) is -0.475. The molecule has 36 heavy (non-hydrogen) atoms. The molecule has 1 atom stereocenters. The van der Waals surface area contributed by atoms with Gasteiger partial charge < -0.3 is 14.6 Å². The molecule has 3 aromatic rings. The maximum Gasteiger partial charge on any atom is 0.298 e. The summed E-state index contributed by atoms with van der Waals surface area (Å²) in [7, 11) is 0. The zero-order valence-corrected chi connectivity index (χ0v) is 21.4. The molecule has 1 aromatic heterocycles. The molecule has 2 aliphatic heterocycles. The third-order valence-corrected chi connectivity index (χ3v) is 7.55. The maximum atomic E-state index is 13.2. The van der Waals surface area contributed by atoms with Gasteiger partial charge in [0.1, 0.15) is 6.54 Å². The Morgan fingerprint density at radius 2 is 2.03 bits per heavy atom. The van der Waals surface area contributed by atoms with Crippen LogP contribution in [0.25, 0.3) is 17.0 Å². The van der Waals surface area contributed by atoms with Crippen molar-refractivity contribution in [3.05, 3.63) is 69.7 Å². The molecule has 2 aromatic carbocycles. The molecule has 2 saturated heterocycles. The number of thioether (sulfide) groups is 1. The number of ether oxygens (including phenoxy) is 1. The van der Waals surface area contributed by atoms with E-state index in [-0.39, 0.29) is 29.7 Å². The standard InChI is InChI=1S/C27H26ClN3O4S/c1-2-17-5-3-7-22-18(15-30(25(17)22)16-24(32)29-14-21-6-4-12-35-21)13-23-26(33)31(27(34)36-23)20-10-8-19(28)9-11-20/h3,5,7-11,13,15,21H,2,4,6,12,14,16H2,1H3,(H,29,32)/b23-13-/t21-/m1/s1. The van der Waals surface area contributed by atoms with Crippen LogP contribution in [0.3, 0.4) is 0 Å². The average Bonchev–Trinajstić information content (AvgIpc) is 3.58. The molecule has 3 amide bonds. The highest BCUT2D eigenvalue weighted by Gasteiger charge is 2.36. The first-order valence-electron chi connectivity index (χ1n) is 12.0. The zero-order valence-electron chi connectivity index (χ0n) is 19.8. The number of para-hydroxylation sites is 1. The van der Waals surface area contributed by atoms with Gasteiger partial charge in [0.15, 0.2) is 0 Å². The van der Waals surface area contributed by atoms with Crippen molar-refractivity contribution in [3.63, 3.8) is 0 Å². The van der Waals surface area contributed by atoms with E-state index in [0.29, 0.717) is 22.2 Å². The van der Waals surface area contributed by atoms with Crippen LogP contribution in [0.1, 0.15) is 30.9 Å². The molecule has 0 bridgehead atoms. The van der Waals surface area contributed by atoms with E-state index in [9.17, 15) is 14.4 Å². The number of nitrogens with one attached hydrogen (secondary N) is 1. The Hall–Kier alpha value is -3.07. The second-order valence-electron chi connectivity index (χ2n) is 8.81. The summed E-state index contributed by atoms with van der Waals surface area (Å²) in [5, 5.41) is 4.08. The molecule has 5 rings (SSSR count). The van der Waals surface area contributed by atoms with Crippen molar-refractivity contribution >= 4 is 63.1 Å². The number of halogens is 1. The molecule has 0 unspecified atom stereocenters. The van der Waals surface area contributed by atoms with Crippen LogP contribution in [0.4, 0.5) is 10.5 Å². The quantitative estimate of drug-likeness (QED) is 0.420. The van der Waals surface area contributed by atoms with Crippen molar-refractivity contribution in [2.75, 3.05) is 18.1 Å². The van der Waals surface area contributed by atoms with Crippen molar-refractivity contribution in [1.82, 2.24) is 9.88 Å². The molecule has 186 valence electrons. The second kappa shape index (κ2) is 10.5. The molecule has 7 nitrogen and oxygen atoms in total. The molecule has 9 heteroatoms. The van der Waals surface area contributed by atoms with E-state index in [4.69, 9.17) is 16.3 Å². The summed E-state index contributed by atoms with van der Waals surface area (Å²) in [6.45, 7) is 3.47. The third-order valence-electron chi connectivity index (χ3n) is 6.42. The number of amides is 3. The molecule has 1 N–H and O–H groups in total. The number of fused-ring (bicyclic) bond motifs is 1. The number of anilines is 1. The number of rotatable bonds is 7. The Labute approximate surface area is 218 Å². The van der Waals surface area contributed by atoms with E-state index < -0.39 is 0 Å². The van der Waals surface area contributed by atoms with Crippen molar-refractivity contribution in [3.8, 4) is 0 Å². The van der Waals surface area contributed by atoms with Crippen LogP contribution >= 0.6 is 23.4 Å². The van der Waals surface area contributed by atoms with E-state index in [1.165, 1.54) is 0 Å². The highest BCUT2D eigenvalue weighted by molar-refractivity contribution is 8.19. The summed E-state index contributed by atoms with van der Waals surface area (Å²) in [4.78, 5) is 40.1. The first kappa shape index (κ1) is 24.6. The molecule has 3 heterocycles. The Balaban J connectivity index is 1.44. The normalized spacial score (nSPS) is 19.1. The highest BCUT2D eigenvalue weighted by Crippen LogP contribution is 2.37. The van der Waals surface area contributed by atoms with Crippen LogP contribution in [0, 0.1) is 0 Å². The number of carbonyl (C=O) groups excluding carboxylic acids is 3. The van der Waals surface area contributed by atoms with E-state index in [1.54, 1.807) is 30.3 Å². The van der Waals surface area contributed by atoms with Gasteiger partial charge in [0.25, 0.3) is 11.1 Å². The van der Waals surface area contributed by atoms with E-state index >= 15 is 0 Å². The van der Waals surface area contributed by atoms with Gasteiger partial charge in [0.2, 0.25) is 5.91 Å². The first-order chi connectivity index (χ1) is 17.4. The lowest BCUT2D eigenvalue weighted by molar-refractivity contribution is -0.122. The van der Waals surface area contributed by atoms with E-state index in [1.807, 2.05) is 29.0 Å². The SMILES string of the molecule is CCc1cccc2c(/C=C3\SC(=O)N(c4ccc(Cl)cc4)C3=O)cn(CC(=O)NC[C@H]3CCCO3)c12. The molecule has 0 radical (unpaired) electrons. The van der Waals surface area contributed by atoms with Crippen LogP contribution in [-0.4, -0.2) is 40.9 Å². The number of hydrogen-bond acceptors (Lipinski definition) is 5. The minimum absolute atomic E-state index is 0.0772. The minimum Gasteiger partial charge on any atom is -0.376 e. The summed E-state index contributed by atoms with van der Waals surface area (Å²) >= 11 is 6.86. The summed E-state index contributed by atoms with van der Waals surface area (Å²) < 4.78 is 7.53. The first-order valence-corrected chi connectivity index (χ1v) is 13.2. The molecule has 0 spiro atoms. The van der Waals surface area contributed by atoms with Crippen molar-refractivity contribution < 1.29 is 19.1 Å². The molecule has 2 fully saturated rings. The monoisotopic (exact) mass is 523 g/mol. The number of hydrogen-bond donors (Lipinski definition) is 1. The number of imide groups is 1. The fourth-order valence-electron chi connectivity index (χ4n) is 4.66. The van der Waals surface area contributed by atoms with Crippen molar-refractivity contribution in [2.24, 2.45) is 0 Å². The largest absolute Gasteiger partial charge is 0.376 e. The number of carbonyl (C=O) groups is 3. The van der Waals surface area contributed by atoms with Crippen LogP contribution < -0.4 is 10.2 Å². The van der Waals surface area contributed by atoms with E-state index in [2.05, 4.69) is 12.2 Å². The molecule has 0 saturated carbocycles. The lowest BCUT2D eigenvalue weighted by Gasteiger charge is -2.12. The fourth-order valence-corrected chi connectivity index (χ4v) is 5.61. The third kappa shape index (κ3) is 4.93. The Kier molecular flexibility index (Phi) is 7.18. The van der Waals surface area contributed by atoms with Gasteiger partial charge >= 0.3 is 0 Å². The molecular formula is C27H26ClN3O4S. The maximum absolute atomic E-state index is 13.2. The molecule has 2 aliphatic rings. The number of nitrogens with zero attached hydrogens (tertiary/aromatic N) is 2. The predicted molar refractivity (Wildman–Crippen MR) is 143 cm³/mol. The zero-order chi connectivity index (χ0) is 25.2. The van der Waals surface area contributed by atoms with Crippen LogP contribution in [0.15, 0.2) is 53.6 Å². The topological polar surface area (TPSA) is 80.6 Å². The summed E-state index contributed by atoms with van der Waals surface area (Å²) in [5.41, 5.74) is 3.32. The van der Waals surface area contributed by atoms with Gasteiger partial charge in [-0.25, -0.2) is 4.90 Å². The smallest absolute Gasteiger partial charge is 0.298 e. The van der Waals surface area contributed by atoms with Crippen molar-refractivity contribution in [1.29, 1.82) is 0 Å². The van der Waals surface area contributed by atoms with Crippen LogP contribution in [-0.2, 0) is 27.3 Å². The van der Waals surface area contributed by atoms with Gasteiger partial charge in [-0.15, -0.1) is 0 Å². The van der Waals surface area contributed by atoms with Gasteiger partial charge in [-0.05, 0) is 66.9 Å². The Morgan fingerprint density at radius 3 is 2.75 bits per heavy atom. The van der Waals surface area contributed by atoms with Gasteiger partial charge in [-0.2, -0.15) is 0 Å². The Morgan fingerprint density at radius 1 is 1.22 bits per heavy atom. The predicted octanol–water partition coefficient (Wildman–Crippen LogP) is 5.39. The van der Waals surface area contributed by atoms with E-state index in [0.717, 1.165) is 64.6 Å². The molecular weight excluding hydrogens is 498 g/mol. The molecule has 0 aliphatic carbocycles. The summed E-state index contributed by atoms with van der Waals surface area (Å²) in [6, 6.07) is 12.6. The summed E-state index contributed by atoms with van der Waals surface area (Å²) in [6.07, 6.45) is 6.48. The van der Waals surface area contributed by atoms with Crippen LogP contribution in [0.5, 0.6) is 0 Å². The number of aromatic nitrogens is 1. The lowest BCUT2D eigenvalue weighted by Crippen LogP contribution is -2.34. The Bertz CT molecular complexity index is 1360. The number of benzene rings is 2. The van der Waals surface area contributed by atoms with Crippen molar-refractivity contribution in [2.45, 2.75) is 38.8 Å². The number of aryl methyl sites for hydroxylation is 1. The highest BCUT2D eigenvalue weighted by atomic mass is 35.5. The lowest BCUT2D eigenvalue weighted by atomic mass is 10.1. The fraction of sp³-hybridized carbons (Fsp3) is 0.296. The average molecular weight is 524 g/mol. The second-order valence-corrected chi connectivity index (χ2v) is 10.2. The van der Waals surface area contributed by atoms with Crippen LogP contribution in [0.2, 0.25) is 5.02 Å². The van der Waals surface area contributed by atoms with Gasteiger partial charge in [-0.3, -0.25) is 14.4 Å². The van der Waals surface area contributed by atoms with Gasteiger partial charge in [0, 0.05) is 35.3 Å². The minimum atomic E-state index is -0.380. The van der Waals surface area contributed by atoms with Gasteiger partial charge in [0.05, 0.1) is 22.2 Å².